The first-order valence-corrected chi connectivity index (χ1v) is 10.6. The van der Waals surface area contributed by atoms with E-state index in [1.54, 1.807) is 30.5 Å². The fraction of sp³-hybridized carbons (Fsp3) is 0.0455. The number of nitrogens with zero attached hydrogens (tertiary/aromatic N) is 2. The van der Waals surface area contributed by atoms with Crippen molar-refractivity contribution in [1.82, 2.24) is 9.38 Å². The Bertz CT molecular complexity index is 1260. The van der Waals surface area contributed by atoms with Gasteiger partial charge >= 0.3 is 0 Å². The van der Waals surface area contributed by atoms with E-state index < -0.39 is 0 Å². The fourth-order valence-corrected chi connectivity index (χ4v) is 4.22. The van der Waals surface area contributed by atoms with Gasteiger partial charge in [0.05, 0.1) is 16.9 Å². The summed E-state index contributed by atoms with van der Waals surface area (Å²) >= 11 is 4.93. The van der Waals surface area contributed by atoms with Gasteiger partial charge in [-0.15, -0.1) is 11.8 Å². The summed E-state index contributed by atoms with van der Waals surface area (Å²) in [6.45, 7) is 0. The zero-order valence-corrected chi connectivity index (χ0v) is 17.6. The molecule has 0 aliphatic rings. The molecule has 2 heterocycles. The summed E-state index contributed by atoms with van der Waals surface area (Å²) in [5, 5.41) is 2.97. The van der Waals surface area contributed by atoms with Crippen molar-refractivity contribution >= 4 is 44.9 Å². The van der Waals surface area contributed by atoms with Crippen molar-refractivity contribution in [3.63, 3.8) is 0 Å². The molecule has 4 aromatic rings. The molecule has 0 bridgehead atoms. The first-order chi connectivity index (χ1) is 14.1. The zero-order chi connectivity index (χ0) is 20.2. The van der Waals surface area contributed by atoms with Gasteiger partial charge in [-0.05, 0) is 52.3 Å². The Hall–Kier alpha value is -2.90. The van der Waals surface area contributed by atoms with Gasteiger partial charge in [0.1, 0.15) is 5.65 Å². The molecule has 0 aliphatic heterocycles. The van der Waals surface area contributed by atoms with Crippen molar-refractivity contribution in [2.75, 3.05) is 5.32 Å². The average molecular weight is 466 g/mol. The third-order valence-electron chi connectivity index (χ3n) is 4.25. The lowest BCUT2D eigenvalue weighted by Gasteiger charge is -2.11. The normalized spacial score (nSPS) is 10.8. The van der Waals surface area contributed by atoms with Crippen LogP contribution in [0.1, 0.15) is 16.1 Å². The zero-order valence-electron chi connectivity index (χ0n) is 15.2. The molecule has 2 aromatic carbocycles. The maximum absolute atomic E-state index is 12.6. The highest BCUT2D eigenvalue weighted by atomic mass is 79.9. The van der Waals surface area contributed by atoms with E-state index in [-0.39, 0.29) is 11.5 Å². The second kappa shape index (κ2) is 8.63. The quantitative estimate of drug-likeness (QED) is 0.421. The molecule has 7 heteroatoms. The lowest BCUT2D eigenvalue weighted by molar-refractivity contribution is 0.102. The van der Waals surface area contributed by atoms with E-state index >= 15 is 0 Å². The molecule has 0 aliphatic carbocycles. The van der Waals surface area contributed by atoms with Crippen LogP contribution in [0.25, 0.3) is 5.65 Å². The molecule has 0 saturated heterocycles. The van der Waals surface area contributed by atoms with Crippen LogP contribution < -0.4 is 10.9 Å². The first kappa shape index (κ1) is 19.4. The largest absolute Gasteiger partial charge is 0.321 e. The number of anilines is 1. The highest BCUT2D eigenvalue weighted by Crippen LogP contribution is 2.30. The predicted molar refractivity (Wildman–Crippen MR) is 120 cm³/mol. The molecule has 1 N–H and O–H groups in total. The van der Waals surface area contributed by atoms with Crippen molar-refractivity contribution in [1.29, 1.82) is 0 Å². The molecule has 0 saturated carbocycles. The van der Waals surface area contributed by atoms with Gasteiger partial charge in [-0.3, -0.25) is 14.0 Å². The van der Waals surface area contributed by atoms with E-state index in [0.29, 0.717) is 22.7 Å². The molecule has 29 heavy (non-hydrogen) atoms. The van der Waals surface area contributed by atoms with E-state index in [1.165, 1.54) is 16.2 Å². The number of hydrogen-bond acceptors (Lipinski definition) is 4. The van der Waals surface area contributed by atoms with Gasteiger partial charge in [0.15, 0.2) is 0 Å². The van der Waals surface area contributed by atoms with Gasteiger partial charge in [-0.25, -0.2) is 4.98 Å². The number of para-hydroxylation sites is 1. The Balaban J connectivity index is 1.54. The number of carbonyl (C=O) groups excluding carboxylic acids is 1. The third kappa shape index (κ3) is 4.41. The molecule has 0 spiro atoms. The SMILES string of the molecule is O=C(Nc1ccccc1SCc1cc(=O)n2ccccc2n1)c1ccccc1Br. The minimum absolute atomic E-state index is 0.110. The maximum atomic E-state index is 12.6. The van der Waals surface area contributed by atoms with Crippen LogP contribution in [0.4, 0.5) is 5.69 Å². The minimum Gasteiger partial charge on any atom is -0.321 e. The van der Waals surface area contributed by atoms with Gasteiger partial charge in [0, 0.05) is 27.4 Å². The monoisotopic (exact) mass is 465 g/mol. The van der Waals surface area contributed by atoms with Crippen LogP contribution in [-0.2, 0) is 5.75 Å². The number of rotatable bonds is 5. The Kier molecular flexibility index (Phi) is 5.78. The molecule has 0 fully saturated rings. The van der Waals surface area contributed by atoms with E-state index in [1.807, 2.05) is 48.5 Å². The summed E-state index contributed by atoms with van der Waals surface area (Å²) in [5.74, 6) is 0.329. The Morgan fingerprint density at radius 1 is 1.03 bits per heavy atom. The number of pyridine rings is 1. The van der Waals surface area contributed by atoms with Crippen molar-refractivity contribution in [3.8, 4) is 0 Å². The highest BCUT2D eigenvalue weighted by molar-refractivity contribution is 9.10. The number of nitrogens with one attached hydrogen (secondary N) is 1. The standard InChI is InChI=1S/C22H16BrN3O2S/c23-17-8-2-1-7-16(17)22(28)25-18-9-3-4-10-19(18)29-14-15-13-21(27)26-12-6-5-11-20(26)24-15/h1-13H,14H2,(H,25,28). The van der Waals surface area contributed by atoms with Crippen LogP contribution in [0.5, 0.6) is 0 Å². The Labute approximate surface area is 179 Å². The molecular weight excluding hydrogens is 450 g/mol. The number of thioether (sulfide) groups is 1. The fourth-order valence-electron chi connectivity index (χ4n) is 2.86. The topological polar surface area (TPSA) is 63.5 Å². The van der Waals surface area contributed by atoms with Crippen LogP contribution in [0, 0.1) is 0 Å². The van der Waals surface area contributed by atoms with Gasteiger partial charge in [-0.2, -0.15) is 0 Å². The van der Waals surface area contributed by atoms with Gasteiger partial charge in [-0.1, -0.05) is 30.3 Å². The van der Waals surface area contributed by atoms with Crippen LogP contribution in [0.3, 0.4) is 0 Å². The number of benzene rings is 2. The second-order valence-corrected chi connectivity index (χ2v) is 8.10. The molecule has 0 unspecified atom stereocenters. The summed E-state index contributed by atoms with van der Waals surface area (Å²) in [6, 6.07) is 21.9. The van der Waals surface area contributed by atoms with Crippen LogP contribution in [0.2, 0.25) is 0 Å². The predicted octanol–water partition coefficient (Wildman–Crippen LogP) is 5.00. The molecule has 5 nitrogen and oxygen atoms in total. The summed E-state index contributed by atoms with van der Waals surface area (Å²) in [4.78, 5) is 30.4. The van der Waals surface area contributed by atoms with E-state index in [0.717, 1.165) is 15.1 Å². The summed E-state index contributed by atoms with van der Waals surface area (Å²) in [5.41, 5.74) is 2.48. The molecule has 1 amide bonds. The Morgan fingerprint density at radius 2 is 1.79 bits per heavy atom. The molecule has 0 atom stereocenters. The number of amides is 1. The average Bonchev–Trinajstić information content (AvgIpc) is 2.73. The lowest BCUT2D eigenvalue weighted by atomic mass is 10.2. The summed E-state index contributed by atoms with van der Waals surface area (Å²) in [6.07, 6.45) is 1.70. The number of halogens is 1. The first-order valence-electron chi connectivity index (χ1n) is 8.87. The smallest absolute Gasteiger partial charge is 0.258 e. The number of aromatic nitrogens is 2. The number of carbonyl (C=O) groups is 1. The van der Waals surface area contributed by atoms with E-state index in [9.17, 15) is 9.59 Å². The number of hydrogen-bond donors (Lipinski definition) is 1. The van der Waals surface area contributed by atoms with E-state index in [4.69, 9.17) is 0 Å². The third-order valence-corrected chi connectivity index (χ3v) is 6.05. The molecule has 0 radical (unpaired) electrons. The Morgan fingerprint density at radius 3 is 2.66 bits per heavy atom. The van der Waals surface area contributed by atoms with E-state index in [2.05, 4.69) is 26.2 Å². The number of fused-ring (bicyclic) bond motifs is 1. The molecular formula is C22H16BrN3O2S. The second-order valence-electron chi connectivity index (χ2n) is 6.23. The van der Waals surface area contributed by atoms with Gasteiger partial charge in [0.2, 0.25) is 0 Å². The summed E-state index contributed by atoms with van der Waals surface area (Å²) in [7, 11) is 0. The van der Waals surface area contributed by atoms with Gasteiger partial charge in [0.25, 0.3) is 11.5 Å². The molecule has 4 rings (SSSR count). The van der Waals surface area contributed by atoms with Crippen molar-refractivity contribution < 1.29 is 4.79 Å². The van der Waals surface area contributed by atoms with Crippen LogP contribution >= 0.6 is 27.7 Å². The molecule has 144 valence electrons. The lowest BCUT2D eigenvalue weighted by Crippen LogP contribution is -2.15. The van der Waals surface area contributed by atoms with Crippen molar-refractivity contribution in [2.24, 2.45) is 0 Å². The summed E-state index contributed by atoms with van der Waals surface area (Å²) < 4.78 is 2.25. The van der Waals surface area contributed by atoms with Crippen molar-refractivity contribution in [3.05, 3.63) is 105 Å². The minimum atomic E-state index is -0.187. The maximum Gasteiger partial charge on any atom is 0.258 e. The van der Waals surface area contributed by atoms with Crippen LogP contribution in [0.15, 0.2) is 93.2 Å². The van der Waals surface area contributed by atoms with Crippen molar-refractivity contribution in [2.45, 2.75) is 10.6 Å². The van der Waals surface area contributed by atoms with Crippen LogP contribution in [-0.4, -0.2) is 15.3 Å². The highest BCUT2D eigenvalue weighted by Gasteiger charge is 2.12. The van der Waals surface area contributed by atoms with Gasteiger partial charge < -0.3 is 5.32 Å². The molecule has 2 aromatic heterocycles.